The van der Waals surface area contributed by atoms with Gasteiger partial charge in [-0.3, -0.25) is 4.79 Å². The van der Waals surface area contributed by atoms with E-state index in [1.807, 2.05) is 0 Å². The Morgan fingerprint density at radius 1 is 0.929 bits per heavy atom. The number of carbonyl (C=O) groups is 1. The Kier molecular flexibility index (Phi) is 3.61. The lowest BCUT2D eigenvalue weighted by atomic mass is 9.85. The Morgan fingerprint density at radius 2 is 1.64 bits per heavy atom. The van der Waals surface area contributed by atoms with Gasteiger partial charge in [0.05, 0.1) is 0 Å². The van der Waals surface area contributed by atoms with Crippen LogP contribution in [0.15, 0.2) is 0 Å². The van der Waals surface area contributed by atoms with Crippen LogP contribution in [0.1, 0.15) is 64.2 Å². The number of rotatable bonds is 5. The van der Waals surface area contributed by atoms with Crippen molar-refractivity contribution in [2.75, 3.05) is 0 Å². The van der Waals surface area contributed by atoms with E-state index in [0.717, 1.165) is 24.7 Å². The first-order valence-corrected chi connectivity index (χ1v) is 6.36. The molecule has 2 aliphatic carbocycles. The third-order valence-electron chi connectivity index (χ3n) is 3.77. The number of Topliss-reactive ketones (excluding diaryl/α,β-unsaturated/α-hetero) is 1. The van der Waals surface area contributed by atoms with E-state index in [9.17, 15) is 4.79 Å². The van der Waals surface area contributed by atoms with E-state index >= 15 is 0 Å². The fourth-order valence-corrected chi connectivity index (χ4v) is 2.59. The first kappa shape index (κ1) is 10.2. The molecule has 1 nitrogen and oxygen atoms in total. The summed E-state index contributed by atoms with van der Waals surface area (Å²) in [5.74, 6) is 2.21. The predicted molar refractivity (Wildman–Crippen MR) is 58.2 cm³/mol. The lowest BCUT2D eigenvalue weighted by Gasteiger charge is -2.20. The maximum Gasteiger partial charge on any atom is 0.133 e. The number of carbonyl (C=O) groups excluding carboxylic acids is 1. The van der Waals surface area contributed by atoms with Crippen LogP contribution in [0.5, 0.6) is 0 Å². The molecule has 0 aromatic rings. The van der Waals surface area contributed by atoms with E-state index in [0.29, 0.717) is 5.78 Å². The van der Waals surface area contributed by atoms with E-state index in [1.54, 1.807) is 0 Å². The van der Waals surface area contributed by atoms with Crippen molar-refractivity contribution in [3.8, 4) is 0 Å². The normalized spacial score (nSPS) is 23.7. The summed E-state index contributed by atoms with van der Waals surface area (Å²) in [6, 6.07) is 0. The molecule has 0 bridgehead atoms. The van der Waals surface area contributed by atoms with Crippen molar-refractivity contribution in [2.45, 2.75) is 64.2 Å². The van der Waals surface area contributed by atoms with Crippen LogP contribution in [0.25, 0.3) is 0 Å². The van der Waals surface area contributed by atoms with Gasteiger partial charge in [-0.15, -0.1) is 0 Å². The maximum absolute atomic E-state index is 11.5. The molecular weight excluding hydrogens is 172 g/mol. The molecule has 0 saturated heterocycles. The van der Waals surface area contributed by atoms with Crippen LogP contribution >= 0.6 is 0 Å². The van der Waals surface area contributed by atoms with Gasteiger partial charge in [-0.2, -0.15) is 0 Å². The van der Waals surface area contributed by atoms with Gasteiger partial charge in [-0.25, -0.2) is 0 Å². The highest BCUT2D eigenvalue weighted by Gasteiger charge is 2.24. The van der Waals surface area contributed by atoms with Crippen LogP contribution < -0.4 is 0 Å². The van der Waals surface area contributed by atoms with E-state index in [-0.39, 0.29) is 0 Å². The van der Waals surface area contributed by atoms with Gasteiger partial charge in [-0.1, -0.05) is 32.1 Å². The molecule has 0 N–H and O–H groups in total. The van der Waals surface area contributed by atoms with Gasteiger partial charge < -0.3 is 0 Å². The molecule has 0 aliphatic heterocycles. The second-order valence-electron chi connectivity index (χ2n) is 5.23. The van der Waals surface area contributed by atoms with Gasteiger partial charge in [0, 0.05) is 12.8 Å². The minimum atomic E-state index is 0.540. The molecule has 2 saturated carbocycles. The minimum absolute atomic E-state index is 0.540. The summed E-state index contributed by atoms with van der Waals surface area (Å²) in [6.45, 7) is 0. The third-order valence-corrected chi connectivity index (χ3v) is 3.77. The largest absolute Gasteiger partial charge is 0.300 e. The minimum Gasteiger partial charge on any atom is -0.300 e. The van der Waals surface area contributed by atoms with Gasteiger partial charge in [0.1, 0.15) is 5.78 Å². The van der Waals surface area contributed by atoms with Gasteiger partial charge >= 0.3 is 0 Å². The maximum atomic E-state index is 11.5. The second kappa shape index (κ2) is 4.95. The van der Waals surface area contributed by atoms with Gasteiger partial charge in [0.25, 0.3) is 0 Å². The third kappa shape index (κ3) is 3.43. The van der Waals surface area contributed by atoms with Crippen molar-refractivity contribution in [1.82, 2.24) is 0 Å². The monoisotopic (exact) mass is 194 g/mol. The van der Waals surface area contributed by atoms with Crippen LogP contribution in [0.3, 0.4) is 0 Å². The Bertz CT molecular complexity index is 187. The average Bonchev–Trinajstić information content (AvgIpc) is 3.00. The average molecular weight is 194 g/mol. The molecule has 0 atom stereocenters. The molecular formula is C13H22O. The van der Waals surface area contributed by atoms with Crippen LogP contribution in [0, 0.1) is 11.8 Å². The Balaban J connectivity index is 1.57. The summed E-state index contributed by atoms with van der Waals surface area (Å²) in [5.41, 5.74) is 0. The van der Waals surface area contributed by atoms with Crippen LogP contribution in [-0.2, 0) is 4.79 Å². The molecule has 0 amide bonds. The lowest BCUT2D eigenvalue weighted by molar-refractivity contribution is -0.119. The topological polar surface area (TPSA) is 17.1 Å². The predicted octanol–water partition coefficient (Wildman–Crippen LogP) is 3.72. The zero-order chi connectivity index (χ0) is 9.80. The highest BCUT2D eigenvalue weighted by molar-refractivity contribution is 5.78. The molecule has 0 radical (unpaired) electrons. The van der Waals surface area contributed by atoms with Crippen molar-refractivity contribution >= 4 is 5.78 Å². The summed E-state index contributed by atoms with van der Waals surface area (Å²) in [6.07, 6.45) is 12.6. The van der Waals surface area contributed by atoms with E-state index in [1.165, 1.54) is 51.4 Å². The molecule has 0 heterocycles. The van der Waals surface area contributed by atoms with E-state index in [2.05, 4.69) is 0 Å². The summed E-state index contributed by atoms with van der Waals surface area (Å²) in [4.78, 5) is 11.5. The Labute approximate surface area is 87.3 Å². The second-order valence-corrected chi connectivity index (χ2v) is 5.23. The van der Waals surface area contributed by atoms with Crippen molar-refractivity contribution in [1.29, 1.82) is 0 Å². The summed E-state index contributed by atoms with van der Waals surface area (Å²) in [7, 11) is 0. The molecule has 2 aliphatic rings. The number of hydrogen-bond acceptors (Lipinski definition) is 1. The van der Waals surface area contributed by atoms with Gasteiger partial charge in [-0.05, 0) is 31.1 Å². The molecule has 80 valence electrons. The summed E-state index contributed by atoms with van der Waals surface area (Å²) >= 11 is 0. The van der Waals surface area contributed by atoms with Gasteiger partial charge in [0.2, 0.25) is 0 Å². The SMILES string of the molecule is O=C(CCC1CCCCC1)CC1CC1. The molecule has 14 heavy (non-hydrogen) atoms. The number of ketones is 1. The Morgan fingerprint density at radius 3 is 2.29 bits per heavy atom. The van der Waals surface area contributed by atoms with Crippen LogP contribution in [0.4, 0.5) is 0 Å². The fraction of sp³-hybridized carbons (Fsp3) is 0.923. The zero-order valence-corrected chi connectivity index (χ0v) is 9.13. The van der Waals surface area contributed by atoms with E-state index < -0.39 is 0 Å². The summed E-state index contributed by atoms with van der Waals surface area (Å²) < 4.78 is 0. The van der Waals surface area contributed by atoms with E-state index in [4.69, 9.17) is 0 Å². The van der Waals surface area contributed by atoms with Crippen LogP contribution in [-0.4, -0.2) is 5.78 Å². The van der Waals surface area contributed by atoms with Gasteiger partial charge in [0.15, 0.2) is 0 Å². The fourth-order valence-electron chi connectivity index (χ4n) is 2.59. The lowest BCUT2D eigenvalue weighted by Crippen LogP contribution is -2.09. The highest BCUT2D eigenvalue weighted by Crippen LogP contribution is 2.34. The quantitative estimate of drug-likeness (QED) is 0.652. The first-order chi connectivity index (χ1) is 6.84. The zero-order valence-electron chi connectivity index (χ0n) is 9.13. The van der Waals surface area contributed by atoms with Crippen molar-refractivity contribution in [3.63, 3.8) is 0 Å². The molecule has 2 rings (SSSR count). The molecule has 2 fully saturated rings. The molecule has 0 spiro atoms. The standard InChI is InChI=1S/C13H22O/c14-13(10-12-6-7-12)9-8-11-4-2-1-3-5-11/h11-12H,1-10H2. The molecule has 0 aromatic carbocycles. The Hall–Kier alpha value is -0.330. The summed E-state index contributed by atoms with van der Waals surface area (Å²) in [5, 5.41) is 0. The molecule has 0 aromatic heterocycles. The smallest absolute Gasteiger partial charge is 0.133 e. The molecule has 1 heteroatoms. The highest BCUT2D eigenvalue weighted by atomic mass is 16.1. The van der Waals surface area contributed by atoms with Crippen molar-refractivity contribution in [2.24, 2.45) is 11.8 Å². The van der Waals surface area contributed by atoms with Crippen LogP contribution in [0.2, 0.25) is 0 Å². The van der Waals surface area contributed by atoms with Crippen molar-refractivity contribution < 1.29 is 4.79 Å². The first-order valence-electron chi connectivity index (χ1n) is 6.36. The van der Waals surface area contributed by atoms with Crippen molar-refractivity contribution in [3.05, 3.63) is 0 Å². The molecule has 0 unspecified atom stereocenters. The number of hydrogen-bond donors (Lipinski definition) is 0.